The first-order chi connectivity index (χ1) is 7.77. The number of anilines is 1. The predicted octanol–water partition coefficient (Wildman–Crippen LogP) is 2.37. The van der Waals surface area contributed by atoms with E-state index in [-0.39, 0.29) is 0 Å². The van der Waals surface area contributed by atoms with Crippen molar-refractivity contribution in [1.29, 1.82) is 0 Å². The smallest absolute Gasteiger partial charge is 0.129 e. The second-order valence-corrected chi connectivity index (χ2v) is 6.10. The van der Waals surface area contributed by atoms with Gasteiger partial charge in [-0.2, -0.15) is 0 Å². The highest BCUT2D eigenvalue weighted by molar-refractivity contribution is 14.1. The molecule has 1 N–H and O–H groups in total. The van der Waals surface area contributed by atoms with Crippen LogP contribution in [0.2, 0.25) is 0 Å². The second kappa shape index (κ2) is 4.14. The molecule has 2 aliphatic rings. The number of halogens is 1. The summed E-state index contributed by atoms with van der Waals surface area (Å²) in [5.74, 6) is 1.11. The minimum atomic E-state index is 0.394. The largest absolute Gasteiger partial charge is 0.342 e. The molecule has 0 atom stereocenters. The lowest BCUT2D eigenvalue weighted by atomic mass is 9.99. The van der Waals surface area contributed by atoms with E-state index >= 15 is 0 Å². The number of nitrogens with one attached hydrogen (secondary N) is 1. The summed E-state index contributed by atoms with van der Waals surface area (Å²) in [6.07, 6.45) is 7.35. The van der Waals surface area contributed by atoms with E-state index in [4.69, 9.17) is 0 Å². The zero-order valence-corrected chi connectivity index (χ0v) is 11.4. The maximum atomic E-state index is 4.49. The summed E-state index contributed by atoms with van der Waals surface area (Å²) in [5, 5.41) is 3.68. The lowest BCUT2D eigenvalue weighted by molar-refractivity contribution is 0.413. The van der Waals surface area contributed by atoms with Gasteiger partial charge in [-0.15, -0.1) is 0 Å². The Balaban J connectivity index is 1.75. The van der Waals surface area contributed by atoms with Crippen LogP contribution < -0.4 is 10.2 Å². The standard InChI is InChI=1S/C12H16IN3/c13-10-3-4-11(14-7-10)16-8-12(15-9-16)5-1-2-6-12/h3-4,7,15H,1-2,5-6,8-9H2. The lowest BCUT2D eigenvalue weighted by Crippen LogP contribution is -2.39. The lowest BCUT2D eigenvalue weighted by Gasteiger charge is -2.23. The van der Waals surface area contributed by atoms with Gasteiger partial charge in [0, 0.05) is 21.9 Å². The average Bonchev–Trinajstić information content (AvgIpc) is 2.91. The molecule has 3 nitrogen and oxygen atoms in total. The third-order valence-electron chi connectivity index (χ3n) is 3.73. The van der Waals surface area contributed by atoms with Crippen LogP contribution in [0.3, 0.4) is 0 Å². The average molecular weight is 329 g/mol. The topological polar surface area (TPSA) is 28.2 Å². The van der Waals surface area contributed by atoms with Gasteiger partial charge in [0.05, 0.1) is 6.67 Å². The molecule has 0 aromatic carbocycles. The van der Waals surface area contributed by atoms with Crippen molar-refractivity contribution in [2.45, 2.75) is 31.2 Å². The molecule has 1 saturated heterocycles. The van der Waals surface area contributed by atoms with E-state index in [0.29, 0.717) is 5.54 Å². The van der Waals surface area contributed by atoms with Crippen molar-refractivity contribution in [2.24, 2.45) is 0 Å². The van der Waals surface area contributed by atoms with Crippen LogP contribution in [0.25, 0.3) is 0 Å². The molecule has 3 rings (SSSR count). The van der Waals surface area contributed by atoms with Gasteiger partial charge in [0.2, 0.25) is 0 Å². The van der Waals surface area contributed by atoms with E-state index in [1.165, 1.54) is 29.3 Å². The van der Waals surface area contributed by atoms with Gasteiger partial charge in [0.25, 0.3) is 0 Å². The summed E-state index contributed by atoms with van der Waals surface area (Å²) >= 11 is 2.29. The summed E-state index contributed by atoms with van der Waals surface area (Å²) in [4.78, 5) is 6.86. The van der Waals surface area contributed by atoms with Crippen LogP contribution in [0.4, 0.5) is 5.82 Å². The Morgan fingerprint density at radius 3 is 2.81 bits per heavy atom. The van der Waals surface area contributed by atoms with Crippen molar-refractivity contribution in [3.05, 3.63) is 21.9 Å². The number of pyridine rings is 1. The molecular weight excluding hydrogens is 313 g/mol. The van der Waals surface area contributed by atoms with Crippen LogP contribution in [0.1, 0.15) is 25.7 Å². The van der Waals surface area contributed by atoms with E-state index < -0.39 is 0 Å². The Hall–Kier alpha value is -0.360. The van der Waals surface area contributed by atoms with Crippen LogP contribution in [0.5, 0.6) is 0 Å². The first-order valence-electron chi connectivity index (χ1n) is 5.89. The van der Waals surface area contributed by atoms with E-state index in [0.717, 1.165) is 19.0 Å². The van der Waals surface area contributed by atoms with Crippen molar-refractivity contribution >= 4 is 28.4 Å². The molecule has 1 saturated carbocycles. The molecule has 0 amide bonds. The Labute approximate surface area is 110 Å². The zero-order chi connectivity index (χ0) is 11.0. The van der Waals surface area contributed by atoms with Crippen LogP contribution >= 0.6 is 22.6 Å². The minimum Gasteiger partial charge on any atom is -0.342 e. The van der Waals surface area contributed by atoms with E-state index in [2.05, 4.69) is 49.9 Å². The first-order valence-corrected chi connectivity index (χ1v) is 6.97. The van der Waals surface area contributed by atoms with Crippen LogP contribution in [-0.2, 0) is 0 Å². The normalized spacial score (nSPS) is 23.2. The fraction of sp³-hybridized carbons (Fsp3) is 0.583. The van der Waals surface area contributed by atoms with Gasteiger partial charge in [-0.25, -0.2) is 4.98 Å². The third kappa shape index (κ3) is 1.93. The summed E-state index contributed by atoms with van der Waals surface area (Å²) < 4.78 is 1.20. The zero-order valence-electron chi connectivity index (χ0n) is 9.25. The van der Waals surface area contributed by atoms with Crippen LogP contribution in [-0.4, -0.2) is 23.7 Å². The fourth-order valence-electron chi connectivity index (χ4n) is 2.84. The molecule has 4 heteroatoms. The quantitative estimate of drug-likeness (QED) is 0.802. The molecule has 1 aromatic rings. The van der Waals surface area contributed by atoms with Gasteiger partial charge in [-0.05, 0) is 47.6 Å². The molecule has 1 spiro atoms. The Morgan fingerprint density at radius 1 is 1.31 bits per heavy atom. The number of rotatable bonds is 1. The highest BCUT2D eigenvalue weighted by atomic mass is 127. The van der Waals surface area contributed by atoms with Gasteiger partial charge >= 0.3 is 0 Å². The fourth-order valence-corrected chi connectivity index (χ4v) is 3.16. The Morgan fingerprint density at radius 2 is 2.12 bits per heavy atom. The van der Waals surface area contributed by atoms with E-state index in [9.17, 15) is 0 Å². The number of hydrogen-bond acceptors (Lipinski definition) is 3. The molecule has 86 valence electrons. The van der Waals surface area contributed by atoms with Crippen molar-refractivity contribution in [3.8, 4) is 0 Å². The highest BCUT2D eigenvalue weighted by Gasteiger charge is 2.40. The molecular formula is C12H16IN3. The number of hydrogen-bond donors (Lipinski definition) is 1. The molecule has 2 heterocycles. The Bertz CT molecular complexity index is 370. The second-order valence-electron chi connectivity index (χ2n) is 4.85. The van der Waals surface area contributed by atoms with Crippen molar-refractivity contribution < 1.29 is 0 Å². The Kier molecular flexibility index (Phi) is 2.79. The first kappa shape index (κ1) is 10.8. The minimum absolute atomic E-state index is 0.394. The highest BCUT2D eigenvalue weighted by Crippen LogP contribution is 2.34. The summed E-state index contributed by atoms with van der Waals surface area (Å²) in [6, 6.07) is 4.25. The number of aromatic nitrogens is 1. The van der Waals surface area contributed by atoms with Gasteiger partial charge in [0.15, 0.2) is 0 Å². The molecule has 1 aromatic heterocycles. The predicted molar refractivity (Wildman–Crippen MR) is 73.5 cm³/mol. The van der Waals surface area contributed by atoms with Gasteiger partial charge in [0.1, 0.15) is 5.82 Å². The van der Waals surface area contributed by atoms with Gasteiger partial charge < -0.3 is 4.90 Å². The molecule has 1 aliphatic carbocycles. The SMILES string of the molecule is Ic1ccc(N2CNC3(CCCC3)C2)nc1. The van der Waals surface area contributed by atoms with Gasteiger partial charge in [-0.1, -0.05) is 12.8 Å². The molecule has 0 unspecified atom stereocenters. The maximum absolute atomic E-state index is 4.49. The molecule has 0 radical (unpaired) electrons. The molecule has 0 bridgehead atoms. The monoisotopic (exact) mass is 329 g/mol. The van der Waals surface area contributed by atoms with Crippen molar-refractivity contribution in [3.63, 3.8) is 0 Å². The van der Waals surface area contributed by atoms with Crippen molar-refractivity contribution in [2.75, 3.05) is 18.1 Å². The summed E-state index contributed by atoms with van der Waals surface area (Å²) in [6.45, 7) is 2.08. The number of nitrogens with zero attached hydrogens (tertiary/aromatic N) is 2. The molecule has 16 heavy (non-hydrogen) atoms. The summed E-state index contributed by atoms with van der Waals surface area (Å²) in [5.41, 5.74) is 0.394. The van der Waals surface area contributed by atoms with E-state index in [1.807, 2.05) is 6.20 Å². The molecule has 2 fully saturated rings. The summed E-state index contributed by atoms with van der Waals surface area (Å²) in [7, 11) is 0. The van der Waals surface area contributed by atoms with E-state index in [1.54, 1.807) is 0 Å². The van der Waals surface area contributed by atoms with Crippen LogP contribution in [0, 0.1) is 3.57 Å². The third-order valence-corrected chi connectivity index (χ3v) is 4.37. The molecule has 1 aliphatic heterocycles. The maximum Gasteiger partial charge on any atom is 0.129 e. The van der Waals surface area contributed by atoms with Crippen LogP contribution in [0.15, 0.2) is 18.3 Å². The van der Waals surface area contributed by atoms with Crippen molar-refractivity contribution in [1.82, 2.24) is 10.3 Å². The van der Waals surface area contributed by atoms with Gasteiger partial charge in [-0.3, -0.25) is 5.32 Å².